The van der Waals surface area contributed by atoms with Crippen molar-refractivity contribution >= 4 is 22.7 Å². The molecule has 0 spiro atoms. The van der Waals surface area contributed by atoms with E-state index in [0.29, 0.717) is 0 Å². The average Bonchev–Trinajstić information content (AvgIpc) is 2.64. The van der Waals surface area contributed by atoms with E-state index in [1.54, 1.807) is 0 Å². The van der Waals surface area contributed by atoms with Crippen LogP contribution in [0, 0.1) is 0 Å². The van der Waals surface area contributed by atoms with Gasteiger partial charge in [-0.05, 0) is 28.8 Å². The number of unbranched alkanes of at least 4 members (excludes halogenated alkanes) is 1. The highest BCUT2D eigenvalue weighted by Gasteiger charge is 2.09. The molecule has 4 heteroatoms. The second-order valence-electron chi connectivity index (χ2n) is 5.79. The molecule has 0 heterocycles. The van der Waals surface area contributed by atoms with Crippen molar-refractivity contribution in [2.75, 3.05) is 6.61 Å². The van der Waals surface area contributed by atoms with Crippen molar-refractivity contribution in [3.8, 4) is 0 Å². The van der Waals surface area contributed by atoms with Crippen LogP contribution in [0.4, 0.5) is 0 Å². The van der Waals surface area contributed by atoms with E-state index >= 15 is 0 Å². The fraction of sp³-hybridized carbons (Fsp3) is 0.333. The lowest BCUT2D eigenvalue weighted by Gasteiger charge is -2.06. The van der Waals surface area contributed by atoms with Gasteiger partial charge in [-0.25, -0.2) is 0 Å². The van der Waals surface area contributed by atoms with Gasteiger partial charge in [0.2, 0.25) is 0 Å². The molecule has 0 aliphatic heterocycles. The zero-order chi connectivity index (χ0) is 17.9. The molecule has 0 saturated carbocycles. The molecule has 132 valence electrons. The molecule has 0 amide bonds. The Morgan fingerprint density at radius 2 is 1.64 bits per heavy atom. The highest BCUT2D eigenvalue weighted by atomic mass is 16.5. The topological polar surface area (TPSA) is 52.6 Å². The molecule has 2 aromatic carbocycles. The summed E-state index contributed by atoms with van der Waals surface area (Å²) in [5.41, 5.74) is 0.927. The zero-order valence-electron chi connectivity index (χ0n) is 14.6. The van der Waals surface area contributed by atoms with Crippen LogP contribution in [0.25, 0.3) is 10.8 Å². The predicted molar refractivity (Wildman–Crippen MR) is 98.0 cm³/mol. The van der Waals surface area contributed by atoms with Crippen LogP contribution in [0.3, 0.4) is 0 Å². The first kappa shape index (κ1) is 18.7. The van der Waals surface area contributed by atoms with Gasteiger partial charge >= 0.3 is 11.9 Å². The van der Waals surface area contributed by atoms with Crippen molar-refractivity contribution in [3.05, 3.63) is 60.2 Å². The van der Waals surface area contributed by atoms with Crippen molar-refractivity contribution in [2.45, 2.75) is 39.2 Å². The Morgan fingerprint density at radius 1 is 0.920 bits per heavy atom. The highest BCUT2D eigenvalue weighted by Crippen LogP contribution is 2.16. The third kappa shape index (κ3) is 6.79. The number of fused-ring (bicyclic) bond motifs is 1. The van der Waals surface area contributed by atoms with Gasteiger partial charge in [0.15, 0.2) is 0 Å². The van der Waals surface area contributed by atoms with Crippen molar-refractivity contribution in [1.82, 2.24) is 0 Å². The number of carbonyl (C=O) groups excluding carboxylic acids is 2. The van der Waals surface area contributed by atoms with Crippen LogP contribution in [0.2, 0.25) is 0 Å². The summed E-state index contributed by atoms with van der Waals surface area (Å²) in [5.74, 6) is -0.782. The third-order valence-electron chi connectivity index (χ3n) is 3.71. The Bertz CT molecular complexity index is 734. The van der Waals surface area contributed by atoms with Gasteiger partial charge in [0, 0.05) is 0 Å². The van der Waals surface area contributed by atoms with Crippen LogP contribution in [-0.2, 0) is 25.7 Å². The Labute approximate surface area is 148 Å². The second kappa shape index (κ2) is 10.3. The fourth-order valence-electron chi connectivity index (χ4n) is 2.33. The highest BCUT2D eigenvalue weighted by molar-refractivity contribution is 5.83. The minimum Gasteiger partial charge on any atom is -0.461 e. The number of hydrogen-bond acceptors (Lipinski definition) is 4. The van der Waals surface area contributed by atoms with E-state index in [2.05, 4.69) is 6.92 Å². The third-order valence-corrected chi connectivity index (χ3v) is 3.71. The largest absolute Gasteiger partial charge is 0.461 e. The Morgan fingerprint density at radius 3 is 2.40 bits per heavy atom. The average molecular weight is 340 g/mol. The van der Waals surface area contributed by atoms with Crippen molar-refractivity contribution in [1.29, 1.82) is 0 Å². The number of allylic oxidation sites excluding steroid dienone is 1. The van der Waals surface area contributed by atoms with E-state index in [1.807, 2.05) is 54.6 Å². The number of esters is 2. The molecule has 0 fully saturated rings. The summed E-state index contributed by atoms with van der Waals surface area (Å²) < 4.78 is 10.2. The molecule has 0 bridgehead atoms. The van der Waals surface area contributed by atoms with E-state index in [9.17, 15) is 9.59 Å². The van der Waals surface area contributed by atoms with E-state index in [-0.39, 0.29) is 32.0 Å². The minimum atomic E-state index is -0.397. The van der Waals surface area contributed by atoms with Crippen LogP contribution in [0.1, 0.15) is 38.2 Å². The number of hydrogen-bond donors (Lipinski definition) is 0. The first-order valence-electron chi connectivity index (χ1n) is 8.63. The number of carbonyl (C=O) groups is 2. The molecule has 0 unspecified atom stereocenters. The number of ether oxygens (including phenoxy) is 2. The van der Waals surface area contributed by atoms with Crippen LogP contribution < -0.4 is 0 Å². The maximum atomic E-state index is 11.8. The maximum absolute atomic E-state index is 11.8. The van der Waals surface area contributed by atoms with Crippen LogP contribution in [-0.4, -0.2) is 18.5 Å². The quantitative estimate of drug-likeness (QED) is 0.496. The van der Waals surface area contributed by atoms with Crippen LogP contribution >= 0.6 is 0 Å². The monoisotopic (exact) mass is 340 g/mol. The normalized spacial score (nSPS) is 10.9. The van der Waals surface area contributed by atoms with Crippen molar-refractivity contribution in [2.24, 2.45) is 0 Å². The molecule has 2 aromatic rings. The Balaban J connectivity index is 1.68. The van der Waals surface area contributed by atoms with E-state index in [0.717, 1.165) is 29.2 Å². The van der Waals surface area contributed by atoms with E-state index in [1.165, 1.54) is 0 Å². The molecule has 0 aliphatic rings. The first-order chi connectivity index (χ1) is 12.2. The van der Waals surface area contributed by atoms with Gasteiger partial charge in [0.25, 0.3) is 0 Å². The summed E-state index contributed by atoms with van der Waals surface area (Å²) in [5, 5.41) is 2.25. The maximum Gasteiger partial charge on any atom is 0.306 e. The number of benzene rings is 2. The smallest absolute Gasteiger partial charge is 0.306 e. The first-order valence-corrected chi connectivity index (χ1v) is 8.63. The van der Waals surface area contributed by atoms with Crippen molar-refractivity contribution in [3.63, 3.8) is 0 Å². The summed E-state index contributed by atoms with van der Waals surface area (Å²) in [6.07, 6.45) is 5.90. The Hall–Kier alpha value is -2.62. The summed E-state index contributed by atoms with van der Waals surface area (Å²) in [4.78, 5) is 23.3. The molecule has 0 radical (unpaired) electrons. The predicted octanol–water partition coefficient (Wildman–Crippen LogP) is 4.56. The Kier molecular flexibility index (Phi) is 7.70. The summed E-state index contributed by atoms with van der Waals surface area (Å²) in [6.45, 7) is 2.54. The lowest BCUT2D eigenvalue weighted by Crippen LogP contribution is -2.10. The minimum absolute atomic E-state index is 0.0328. The van der Waals surface area contributed by atoms with Gasteiger partial charge in [-0.3, -0.25) is 9.59 Å². The molecule has 0 saturated heterocycles. The SMILES string of the molecule is CCC/C=C\COC(=O)CCC(=O)OCc1ccc2ccccc2c1. The molecule has 0 aromatic heterocycles. The molecular formula is C21H24O4. The van der Waals surface area contributed by atoms with E-state index in [4.69, 9.17) is 9.47 Å². The van der Waals surface area contributed by atoms with Gasteiger partial charge in [0.05, 0.1) is 12.8 Å². The molecule has 25 heavy (non-hydrogen) atoms. The summed E-state index contributed by atoms with van der Waals surface area (Å²) >= 11 is 0. The van der Waals surface area contributed by atoms with Crippen LogP contribution in [0.5, 0.6) is 0 Å². The standard InChI is InChI=1S/C21H24O4/c1-2-3-4-7-14-24-20(22)12-13-21(23)25-16-17-10-11-18-8-5-6-9-19(18)15-17/h4-11,15H,2-3,12-14,16H2,1H3/b7-4-. The number of rotatable bonds is 9. The molecule has 2 rings (SSSR count). The molecule has 4 nitrogen and oxygen atoms in total. The zero-order valence-corrected chi connectivity index (χ0v) is 14.6. The van der Waals surface area contributed by atoms with Crippen molar-refractivity contribution < 1.29 is 19.1 Å². The summed E-state index contributed by atoms with van der Waals surface area (Å²) in [7, 11) is 0. The molecule has 0 atom stereocenters. The van der Waals surface area contributed by atoms with Gasteiger partial charge < -0.3 is 9.47 Å². The summed E-state index contributed by atoms with van der Waals surface area (Å²) in [6, 6.07) is 14.0. The lowest BCUT2D eigenvalue weighted by atomic mass is 10.1. The fourth-order valence-corrected chi connectivity index (χ4v) is 2.33. The lowest BCUT2D eigenvalue weighted by molar-refractivity contribution is -0.150. The molecule has 0 aliphatic carbocycles. The van der Waals surface area contributed by atoms with Gasteiger partial charge in [-0.1, -0.05) is 61.9 Å². The molecule has 0 N–H and O–H groups in total. The van der Waals surface area contributed by atoms with Gasteiger partial charge in [0.1, 0.15) is 13.2 Å². The second-order valence-corrected chi connectivity index (χ2v) is 5.79. The molecular weight excluding hydrogens is 316 g/mol. The van der Waals surface area contributed by atoms with Crippen LogP contribution in [0.15, 0.2) is 54.6 Å². The van der Waals surface area contributed by atoms with Gasteiger partial charge in [-0.2, -0.15) is 0 Å². The van der Waals surface area contributed by atoms with Gasteiger partial charge in [-0.15, -0.1) is 0 Å². The van der Waals surface area contributed by atoms with E-state index < -0.39 is 5.97 Å².